The highest BCUT2D eigenvalue weighted by Crippen LogP contribution is 2.19. The van der Waals surface area contributed by atoms with E-state index in [0.717, 1.165) is 63.4 Å². The van der Waals surface area contributed by atoms with Gasteiger partial charge in [-0.3, -0.25) is 4.79 Å². The van der Waals surface area contributed by atoms with E-state index in [4.69, 9.17) is 4.98 Å². The zero-order valence-corrected chi connectivity index (χ0v) is 24.3. The van der Waals surface area contributed by atoms with Crippen molar-refractivity contribution in [1.29, 1.82) is 0 Å². The molecule has 1 saturated heterocycles. The zero-order valence-electron chi connectivity index (χ0n) is 24.3. The lowest BCUT2D eigenvalue weighted by Crippen LogP contribution is -2.49. The molecule has 1 aliphatic heterocycles. The van der Waals surface area contributed by atoms with Crippen LogP contribution in [0.25, 0.3) is 0 Å². The largest absolute Gasteiger partial charge is 0.353 e. The van der Waals surface area contributed by atoms with Crippen molar-refractivity contribution in [3.05, 3.63) is 47.2 Å². The summed E-state index contributed by atoms with van der Waals surface area (Å²) in [7, 11) is 0. The molecule has 4 rings (SSSR count). The minimum Gasteiger partial charge on any atom is -0.353 e. The molecule has 2 heterocycles. The van der Waals surface area contributed by atoms with Crippen molar-refractivity contribution in [2.75, 3.05) is 49.5 Å². The topological polar surface area (TPSA) is 85.4 Å². The number of hydrogen-bond donors (Lipinski definition) is 3. The molecule has 2 aromatic rings. The van der Waals surface area contributed by atoms with Gasteiger partial charge in [0, 0.05) is 63.5 Å². The number of piperazine rings is 1. The summed E-state index contributed by atoms with van der Waals surface area (Å²) in [5, 5.41) is 10.7. The molecule has 0 unspecified atom stereocenters. The molecule has 39 heavy (non-hydrogen) atoms. The third-order valence-corrected chi connectivity index (χ3v) is 7.75. The Hall–Kier alpha value is -2.71. The van der Waals surface area contributed by atoms with Gasteiger partial charge in [0.2, 0.25) is 11.9 Å². The van der Waals surface area contributed by atoms with Crippen LogP contribution in [0.15, 0.2) is 30.3 Å². The fraction of sp³-hybridized carbons (Fsp3) is 0.645. The number of aromatic nitrogens is 2. The summed E-state index contributed by atoms with van der Waals surface area (Å²) in [4.78, 5) is 26.0. The molecule has 1 saturated carbocycles. The van der Waals surface area contributed by atoms with Crippen LogP contribution in [-0.2, 0) is 17.9 Å². The number of benzene rings is 1. The summed E-state index contributed by atoms with van der Waals surface area (Å²) in [6.45, 7) is 13.0. The molecule has 0 atom stereocenters. The van der Waals surface area contributed by atoms with Crippen molar-refractivity contribution < 1.29 is 4.79 Å². The molecule has 214 valence electrons. The van der Waals surface area contributed by atoms with Crippen LogP contribution < -0.4 is 20.9 Å². The summed E-state index contributed by atoms with van der Waals surface area (Å²) in [6.07, 6.45) is 8.69. The Morgan fingerprint density at radius 1 is 0.949 bits per heavy atom. The molecule has 0 bridgehead atoms. The van der Waals surface area contributed by atoms with Gasteiger partial charge in [-0.2, -0.15) is 4.98 Å². The molecule has 1 aliphatic carbocycles. The third-order valence-electron chi connectivity index (χ3n) is 7.75. The van der Waals surface area contributed by atoms with E-state index < -0.39 is 0 Å². The minimum atomic E-state index is 0.259. The third kappa shape index (κ3) is 9.76. The van der Waals surface area contributed by atoms with Crippen LogP contribution in [0.1, 0.15) is 75.6 Å². The first-order valence-corrected chi connectivity index (χ1v) is 15.1. The fourth-order valence-electron chi connectivity index (χ4n) is 5.47. The molecule has 0 spiro atoms. The van der Waals surface area contributed by atoms with Gasteiger partial charge in [-0.15, -0.1) is 0 Å². The Bertz CT molecular complexity index is 1010. The second kappa shape index (κ2) is 15.2. The zero-order chi connectivity index (χ0) is 27.5. The number of hydrogen-bond acceptors (Lipinski definition) is 7. The molecular formula is C31H49N7O. The smallest absolute Gasteiger partial charge is 0.225 e. The van der Waals surface area contributed by atoms with Crippen LogP contribution in [0, 0.1) is 12.8 Å². The van der Waals surface area contributed by atoms with Gasteiger partial charge in [-0.1, -0.05) is 57.4 Å². The quantitative estimate of drug-likeness (QED) is 0.326. The summed E-state index contributed by atoms with van der Waals surface area (Å²) < 4.78 is 0. The van der Waals surface area contributed by atoms with Gasteiger partial charge in [0.15, 0.2) is 0 Å². The molecule has 8 nitrogen and oxygen atoms in total. The first kappa shape index (κ1) is 29.3. The second-order valence-electron chi connectivity index (χ2n) is 11.6. The second-order valence-corrected chi connectivity index (χ2v) is 11.6. The summed E-state index contributed by atoms with van der Waals surface area (Å²) in [5.74, 6) is 2.23. The predicted molar refractivity (Wildman–Crippen MR) is 160 cm³/mol. The lowest BCUT2D eigenvalue weighted by Gasteiger charge is -2.36. The molecule has 8 heteroatoms. The van der Waals surface area contributed by atoms with E-state index in [2.05, 4.69) is 63.9 Å². The average Bonchev–Trinajstić information content (AvgIpc) is 2.94. The number of rotatable bonds is 13. The van der Waals surface area contributed by atoms with Crippen LogP contribution in [0.4, 0.5) is 11.8 Å². The van der Waals surface area contributed by atoms with Crippen molar-refractivity contribution >= 4 is 17.7 Å². The Morgan fingerprint density at radius 3 is 2.33 bits per heavy atom. The summed E-state index contributed by atoms with van der Waals surface area (Å²) >= 11 is 0. The van der Waals surface area contributed by atoms with Gasteiger partial charge in [0.25, 0.3) is 0 Å². The van der Waals surface area contributed by atoms with Crippen molar-refractivity contribution in [1.82, 2.24) is 25.5 Å². The van der Waals surface area contributed by atoms with Crippen LogP contribution in [-0.4, -0.2) is 66.1 Å². The van der Waals surface area contributed by atoms with E-state index >= 15 is 0 Å². The van der Waals surface area contributed by atoms with Crippen LogP contribution in [0.5, 0.6) is 0 Å². The fourth-order valence-corrected chi connectivity index (χ4v) is 5.47. The number of amides is 1. The maximum absolute atomic E-state index is 12.4. The highest BCUT2D eigenvalue weighted by atomic mass is 16.2. The van der Waals surface area contributed by atoms with Crippen LogP contribution in [0.3, 0.4) is 0 Å². The first-order chi connectivity index (χ1) is 19.0. The Morgan fingerprint density at radius 2 is 1.64 bits per heavy atom. The van der Waals surface area contributed by atoms with Gasteiger partial charge in [-0.25, -0.2) is 4.98 Å². The summed E-state index contributed by atoms with van der Waals surface area (Å²) in [6, 6.07) is 11.5. The molecule has 2 fully saturated rings. The van der Waals surface area contributed by atoms with E-state index in [1.165, 1.54) is 49.7 Å². The minimum absolute atomic E-state index is 0.259. The van der Waals surface area contributed by atoms with Gasteiger partial charge < -0.3 is 25.8 Å². The van der Waals surface area contributed by atoms with Crippen molar-refractivity contribution in [3.63, 3.8) is 0 Å². The standard InChI is InChI=1S/C31H49N7O/c1-24(2)20-30(39)38-18-16-37(17-19-38)29-21-25(3)35-31(36-29)34-23-27-12-10-26(11-13-27)22-32-14-7-15-33-28-8-5-4-6-9-28/h10-13,21,24,28,32-33H,4-9,14-20,22-23H2,1-3H3,(H,34,35,36). The molecule has 1 aromatic heterocycles. The summed E-state index contributed by atoms with van der Waals surface area (Å²) in [5.41, 5.74) is 3.45. The monoisotopic (exact) mass is 535 g/mol. The Balaban J connectivity index is 1.17. The Kier molecular flexibility index (Phi) is 11.4. The predicted octanol–water partition coefficient (Wildman–Crippen LogP) is 4.49. The number of nitrogens with zero attached hydrogens (tertiary/aromatic N) is 4. The number of nitrogens with one attached hydrogen (secondary N) is 3. The van der Waals surface area contributed by atoms with Crippen LogP contribution >= 0.6 is 0 Å². The maximum atomic E-state index is 12.4. The van der Waals surface area contributed by atoms with Crippen molar-refractivity contribution in [3.8, 4) is 0 Å². The molecular weight excluding hydrogens is 486 g/mol. The van der Waals surface area contributed by atoms with E-state index in [0.29, 0.717) is 24.8 Å². The van der Waals surface area contributed by atoms with E-state index in [1.807, 2.05) is 17.9 Å². The molecule has 3 N–H and O–H groups in total. The molecule has 2 aliphatic rings. The molecule has 0 radical (unpaired) electrons. The van der Waals surface area contributed by atoms with Gasteiger partial charge >= 0.3 is 0 Å². The lowest BCUT2D eigenvalue weighted by atomic mass is 9.95. The van der Waals surface area contributed by atoms with Gasteiger partial charge in [0.05, 0.1) is 0 Å². The Labute approximate surface area is 235 Å². The molecule has 1 aromatic carbocycles. The highest BCUT2D eigenvalue weighted by Gasteiger charge is 2.23. The SMILES string of the molecule is Cc1cc(N2CCN(C(=O)CC(C)C)CC2)nc(NCc2ccc(CNCCCNC3CCCCC3)cc2)n1. The van der Waals surface area contributed by atoms with E-state index in [9.17, 15) is 4.79 Å². The van der Waals surface area contributed by atoms with Gasteiger partial charge in [0.1, 0.15) is 5.82 Å². The lowest BCUT2D eigenvalue weighted by molar-refractivity contribution is -0.132. The average molecular weight is 536 g/mol. The van der Waals surface area contributed by atoms with Crippen molar-refractivity contribution in [2.24, 2.45) is 5.92 Å². The van der Waals surface area contributed by atoms with Crippen LogP contribution in [0.2, 0.25) is 0 Å². The van der Waals surface area contributed by atoms with Crippen molar-refractivity contribution in [2.45, 2.75) is 84.8 Å². The number of carbonyl (C=O) groups is 1. The van der Waals surface area contributed by atoms with E-state index in [-0.39, 0.29) is 5.91 Å². The normalized spacial score (nSPS) is 16.6. The first-order valence-electron chi connectivity index (χ1n) is 15.1. The van der Waals surface area contributed by atoms with Gasteiger partial charge in [-0.05, 0) is 56.3 Å². The molecule has 1 amide bonds. The maximum Gasteiger partial charge on any atom is 0.225 e. The number of carbonyl (C=O) groups excluding carboxylic acids is 1. The van der Waals surface area contributed by atoms with E-state index in [1.54, 1.807) is 0 Å². The number of aryl methyl sites for hydroxylation is 1. The number of anilines is 2. The highest BCUT2D eigenvalue weighted by molar-refractivity contribution is 5.76.